The fourth-order valence-corrected chi connectivity index (χ4v) is 2.78. The van der Waals surface area contributed by atoms with Gasteiger partial charge in [-0.25, -0.2) is 4.79 Å². The second kappa shape index (κ2) is 5.74. The molecule has 4 heteroatoms. The maximum atomic E-state index is 12.1. The molecule has 0 bridgehead atoms. The summed E-state index contributed by atoms with van der Waals surface area (Å²) < 4.78 is 5.35. The van der Waals surface area contributed by atoms with E-state index in [0.29, 0.717) is 23.3 Å². The quantitative estimate of drug-likeness (QED) is 0.491. The molecule has 2 aromatic carbocycles. The van der Waals surface area contributed by atoms with Crippen molar-refractivity contribution in [1.29, 1.82) is 0 Å². The number of hydrogen-bond acceptors (Lipinski definition) is 4. The van der Waals surface area contributed by atoms with E-state index in [-0.39, 0.29) is 5.78 Å². The molecule has 0 aromatic heterocycles. The molecule has 21 heavy (non-hydrogen) atoms. The molecule has 1 aliphatic carbocycles. The van der Waals surface area contributed by atoms with E-state index < -0.39 is 5.97 Å². The van der Waals surface area contributed by atoms with E-state index >= 15 is 0 Å². The average molecular weight is 298 g/mol. The summed E-state index contributed by atoms with van der Waals surface area (Å²) in [5.41, 5.74) is 2.21. The van der Waals surface area contributed by atoms with Crippen molar-refractivity contribution in [1.82, 2.24) is 0 Å². The number of benzene rings is 2. The van der Waals surface area contributed by atoms with E-state index in [9.17, 15) is 9.59 Å². The summed E-state index contributed by atoms with van der Waals surface area (Å²) in [4.78, 5) is 24.9. The van der Waals surface area contributed by atoms with Gasteiger partial charge in [0.15, 0.2) is 5.78 Å². The van der Waals surface area contributed by atoms with E-state index in [1.54, 1.807) is 36.0 Å². The summed E-state index contributed by atoms with van der Waals surface area (Å²) in [6, 6.07) is 12.5. The largest absolute Gasteiger partial charge is 0.423 e. The Bertz CT molecular complexity index is 704. The minimum absolute atomic E-state index is 0.118. The number of Topliss-reactive ketones (excluding diaryl/α,β-unsaturated/α-hetero) is 1. The lowest BCUT2D eigenvalue weighted by Crippen LogP contribution is -2.08. The van der Waals surface area contributed by atoms with Crippen LogP contribution in [0.1, 0.15) is 32.7 Å². The number of ether oxygens (including phenoxy) is 1. The zero-order valence-corrected chi connectivity index (χ0v) is 12.4. The Balaban J connectivity index is 1.78. The van der Waals surface area contributed by atoms with Crippen LogP contribution in [-0.2, 0) is 6.42 Å². The Morgan fingerprint density at radius 2 is 1.86 bits per heavy atom. The highest BCUT2D eigenvalue weighted by Gasteiger charge is 2.20. The first-order valence-electron chi connectivity index (χ1n) is 6.70. The molecule has 2 aromatic rings. The third kappa shape index (κ3) is 2.85. The summed E-state index contributed by atoms with van der Waals surface area (Å²) in [6.07, 6.45) is 3.30. The van der Waals surface area contributed by atoms with Crippen LogP contribution >= 0.6 is 11.8 Å². The Labute approximate surface area is 127 Å². The van der Waals surface area contributed by atoms with Crippen molar-refractivity contribution >= 4 is 23.5 Å². The number of aryl methyl sites for hydroxylation is 1. The van der Waals surface area contributed by atoms with Gasteiger partial charge in [-0.2, -0.15) is 0 Å². The molecule has 0 atom stereocenters. The van der Waals surface area contributed by atoms with E-state index in [1.807, 2.05) is 24.5 Å². The number of hydrogen-bond donors (Lipinski definition) is 0. The third-order valence-corrected chi connectivity index (χ3v) is 4.28. The van der Waals surface area contributed by atoms with Gasteiger partial charge < -0.3 is 4.74 Å². The van der Waals surface area contributed by atoms with Gasteiger partial charge in [-0.1, -0.05) is 6.07 Å². The average Bonchev–Trinajstić information content (AvgIpc) is 2.88. The van der Waals surface area contributed by atoms with Crippen LogP contribution < -0.4 is 4.74 Å². The van der Waals surface area contributed by atoms with Gasteiger partial charge in [-0.15, -0.1) is 11.8 Å². The smallest absolute Gasteiger partial charge is 0.343 e. The molecule has 106 valence electrons. The van der Waals surface area contributed by atoms with Crippen LogP contribution in [0.5, 0.6) is 5.75 Å². The zero-order valence-electron chi connectivity index (χ0n) is 11.6. The van der Waals surface area contributed by atoms with Gasteiger partial charge in [0, 0.05) is 16.9 Å². The fraction of sp³-hybridized carbons (Fsp3) is 0.176. The van der Waals surface area contributed by atoms with Crippen molar-refractivity contribution in [3.63, 3.8) is 0 Å². The Morgan fingerprint density at radius 1 is 1.10 bits per heavy atom. The molecular weight excluding hydrogens is 284 g/mol. The van der Waals surface area contributed by atoms with Crippen molar-refractivity contribution in [2.24, 2.45) is 0 Å². The molecule has 0 saturated carbocycles. The van der Waals surface area contributed by atoms with Crippen molar-refractivity contribution in [3.05, 3.63) is 59.2 Å². The van der Waals surface area contributed by atoms with Crippen LogP contribution in [0.4, 0.5) is 0 Å². The number of rotatable bonds is 3. The van der Waals surface area contributed by atoms with Gasteiger partial charge in [0.2, 0.25) is 0 Å². The van der Waals surface area contributed by atoms with Crippen LogP contribution in [0.2, 0.25) is 0 Å². The molecule has 0 fully saturated rings. The van der Waals surface area contributed by atoms with Crippen LogP contribution in [-0.4, -0.2) is 18.0 Å². The molecule has 0 unspecified atom stereocenters. The number of carbonyl (C=O) groups excluding carboxylic acids is 2. The van der Waals surface area contributed by atoms with Crippen molar-refractivity contribution in [2.75, 3.05) is 6.26 Å². The maximum absolute atomic E-state index is 12.1. The minimum Gasteiger partial charge on any atom is -0.423 e. The van der Waals surface area contributed by atoms with E-state index in [0.717, 1.165) is 16.9 Å². The zero-order chi connectivity index (χ0) is 14.8. The predicted molar refractivity (Wildman–Crippen MR) is 82.3 cm³/mol. The first-order chi connectivity index (χ1) is 10.2. The van der Waals surface area contributed by atoms with Crippen LogP contribution in [0.25, 0.3) is 0 Å². The molecule has 0 radical (unpaired) electrons. The monoisotopic (exact) mass is 298 g/mol. The van der Waals surface area contributed by atoms with Gasteiger partial charge in [-0.05, 0) is 54.6 Å². The number of fused-ring (bicyclic) bond motifs is 1. The summed E-state index contributed by atoms with van der Waals surface area (Å²) >= 11 is 1.62. The van der Waals surface area contributed by atoms with Crippen LogP contribution in [0.15, 0.2) is 47.4 Å². The lowest BCUT2D eigenvalue weighted by atomic mass is 10.1. The molecule has 0 amide bonds. The topological polar surface area (TPSA) is 43.4 Å². The molecule has 0 N–H and O–H groups in total. The molecule has 3 rings (SSSR count). The number of esters is 1. The van der Waals surface area contributed by atoms with Gasteiger partial charge in [0.05, 0.1) is 5.56 Å². The van der Waals surface area contributed by atoms with E-state index in [2.05, 4.69) is 0 Å². The first-order valence-corrected chi connectivity index (χ1v) is 7.92. The number of ketones is 1. The van der Waals surface area contributed by atoms with Crippen molar-refractivity contribution in [2.45, 2.75) is 17.7 Å². The summed E-state index contributed by atoms with van der Waals surface area (Å²) in [7, 11) is 0. The molecule has 0 aliphatic heterocycles. The highest BCUT2D eigenvalue weighted by molar-refractivity contribution is 7.98. The lowest BCUT2D eigenvalue weighted by molar-refractivity contribution is 0.0733. The fourth-order valence-electron chi connectivity index (χ4n) is 2.37. The van der Waals surface area contributed by atoms with Gasteiger partial charge in [0.25, 0.3) is 0 Å². The second-order valence-corrected chi connectivity index (χ2v) is 5.74. The molecule has 3 nitrogen and oxygen atoms in total. The van der Waals surface area contributed by atoms with Gasteiger partial charge in [0.1, 0.15) is 5.75 Å². The number of carbonyl (C=O) groups is 2. The van der Waals surface area contributed by atoms with E-state index in [4.69, 9.17) is 4.74 Å². The molecule has 0 saturated heterocycles. The Morgan fingerprint density at radius 3 is 2.57 bits per heavy atom. The molecule has 1 aliphatic rings. The Hall–Kier alpha value is -2.07. The highest BCUT2D eigenvalue weighted by atomic mass is 32.2. The van der Waals surface area contributed by atoms with E-state index in [1.165, 1.54) is 0 Å². The maximum Gasteiger partial charge on any atom is 0.343 e. The summed E-state index contributed by atoms with van der Waals surface area (Å²) in [5.74, 6) is 0.128. The second-order valence-electron chi connectivity index (χ2n) is 4.86. The van der Waals surface area contributed by atoms with Crippen LogP contribution in [0.3, 0.4) is 0 Å². The standard InChI is InChI=1S/C17H14O3S/c1-21-14-7-3-12(4-8-14)17(19)20-13-6-2-11-5-9-16(18)15(11)10-13/h2-4,6-8,10H,5,9H2,1H3. The molecular formula is C17H14O3S. The first kappa shape index (κ1) is 13.9. The SMILES string of the molecule is CSc1ccc(C(=O)Oc2ccc3c(c2)C(=O)CC3)cc1. The summed E-state index contributed by atoms with van der Waals surface area (Å²) in [6.45, 7) is 0. The third-order valence-electron chi connectivity index (χ3n) is 3.54. The van der Waals surface area contributed by atoms with Crippen LogP contribution in [0, 0.1) is 0 Å². The van der Waals surface area contributed by atoms with Crippen molar-refractivity contribution < 1.29 is 14.3 Å². The lowest BCUT2D eigenvalue weighted by Gasteiger charge is -2.06. The predicted octanol–water partition coefficient (Wildman–Crippen LogP) is 3.76. The highest BCUT2D eigenvalue weighted by Crippen LogP contribution is 2.26. The number of thioether (sulfide) groups is 1. The Kier molecular flexibility index (Phi) is 3.80. The molecule has 0 spiro atoms. The van der Waals surface area contributed by atoms with Gasteiger partial charge >= 0.3 is 5.97 Å². The normalized spacial score (nSPS) is 13.1. The van der Waals surface area contributed by atoms with Gasteiger partial charge in [-0.3, -0.25) is 4.79 Å². The molecule has 0 heterocycles. The van der Waals surface area contributed by atoms with Crippen molar-refractivity contribution in [3.8, 4) is 5.75 Å². The minimum atomic E-state index is -0.409. The summed E-state index contributed by atoms with van der Waals surface area (Å²) in [5, 5.41) is 0.